The van der Waals surface area contributed by atoms with Crippen molar-refractivity contribution in [2.45, 2.75) is 46.2 Å². The third-order valence-corrected chi connectivity index (χ3v) is 5.05. The van der Waals surface area contributed by atoms with E-state index in [4.69, 9.17) is 0 Å². The van der Waals surface area contributed by atoms with Gasteiger partial charge in [-0.1, -0.05) is 43.0 Å². The van der Waals surface area contributed by atoms with Crippen LogP contribution in [0.1, 0.15) is 49.6 Å². The largest absolute Gasteiger partial charge is 0.360 e. The average Bonchev–Trinajstić information content (AvgIpc) is 3.06. The predicted molar refractivity (Wildman–Crippen MR) is 107 cm³/mol. The molecule has 2 aromatic rings. The molecule has 0 saturated heterocycles. The number of aryl methyl sites for hydroxylation is 1. The summed E-state index contributed by atoms with van der Waals surface area (Å²) in [6.07, 6.45) is 0. The molecule has 1 atom stereocenters. The third-order valence-electron chi connectivity index (χ3n) is 5.05. The van der Waals surface area contributed by atoms with E-state index in [-0.39, 0.29) is 6.04 Å². The number of halogens is 2. The minimum absolute atomic E-state index is 0.0487. The molecule has 0 bridgehead atoms. The van der Waals surface area contributed by atoms with E-state index < -0.39 is 11.6 Å². The van der Waals surface area contributed by atoms with Crippen LogP contribution in [0.15, 0.2) is 48.1 Å². The zero-order valence-corrected chi connectivity index (χ0v) is 16.7. The number of fused-ring (bicyclic) bond motifs is 1. The molecule has 0 amide bonds. The predicted octanol–water partition coefficient (Wildman–Crippen LogP) is 4.61. The molecule has 7 heteroatoms. The van der Waals surface area contributed by atoms with Crippen LogP contribution in [-0.2, 0) is 6.54 Å². The summed E-state index contributed by atoms with van der Waals surface area (Å²) in [5, 5.41) is 8.50. The minimum Gasteiger partial charge on any atom is -0.360 e. The Kier molecular flexibility index (Phi) is 5.19. The van der Waals surface area contributed by atoms with E-state index in [1.54, 1.807) is 6.92 Å². The van der Waals surface area contributed by atoms with Crippen LogP contribution < -0.4 is 0 Å². The number of allylic oxidation sites excluding steroid dienone is 1. The lowest BCUT2D eigenvalue weighted by molar-refractivity contribution is 0.0627. The van der Waals surface area contributed by atoms with Gasteiger partial charge in [0, 0.05) is 25.7 Å². The van der Waals surface area contributed by atoms with Gasteiger partial charge in [0.25, 0.3) is 5.92 Å². The van der Waals surface area contributed by atoms with Crippen molar-refractivity contribution in [3.8, 4) is 0 Å². The normalized spacial score (nSPS) is 17.4. The van der Waals surface area contributed by atoms with E-state index in [0.717, 1.165) is 24.0 Å². The van der Waals surface area contributed by atoms with E-state index >= 15 is 0 Å². The molecule has 0 saturated carbocycles. The molecular weight excluding hydrogens is 360 g/mol. The van der Waals surface area contributed by atoms with Crippen molar-refractivity contribution >= 4 is 11.4 Å². The number of nitrogens with zero attached hydrogens (tertiary/aromatic N) is 5. The summed E-state index contributed by atoms with van der Waals surface area (Å²) in [7, 11) is 0. The fraction of sp³-hybridized carbons (Fsp3) is 0.381. The summed E-state index contributed by atoms with van der Waals surface area (Å²) in [4.78, 5) is 6.14. The fourth-order valence-electron chi connectivity index (χ4n) is 3.28. The van der Waals surface area contributed by atoms with Crippen LogP contribution in [0.3, 0.4) is 0 Å². The van der Waals surface area contributed by atoms with Gasteiger partial charge in [-0.2, -0.15) is 8.78 Å². The number of benzene rings is 1. The first-order valence-corrected chi connectivity index (χ1v) is 9.18. The third kappa shape index (κ3) is 3.74. The Morgan fingerprint density at radius 2 is 1.82 bits per heavy atom. The first-order valence-electron chi connectivity index (χ1n) is 9.18. The van der Waals surface area contributed by atoms with Gasteiger partial charge in [0.05, 0.1) is 11.8 Å². The summed E-state index contributed by atoms with van der Waals surface area (Å²) in [6.45, 7) is 15.5. The zero-order valence-electron chi connectivity index (χ0n) is 16.7. The van der Waals surface area contributed by atoms with Crippen molar-refractivity contribution in [1.29, 1.82) is 0 Å². The molecule has 5 nitrogen and oxygen atoms in total. The Labute approximate surface area is 164 Å². The molecule has 1 aliphatic heterocycles. The molecule has 0 aliphatic carbocycles. The topological polar surface area (TPSA) is 46.3 Å². The molecule has 1 aromatic heterocycles. The molecule has 0 N–H and O–H groups in total. The van der Waals surface area contributed by atoms with E-state index in [9.17, 15) is 8.78 Å². The number of hydrogen-bond donors (Lipinski definition) is 0. The smallest absolute Gasteiger partial charge is 0.286 e. The molecule has 0 spiro atoms. The van der Waals surface area contributed by atoms with Crippen LogP contribution in [0.25, 0.3) is 5.70 Å². The lowest BCUT2D eigenvalue weighted by atomic mass is 10.1. The molecule has 28 heavy (non-hydrogen) atoms. The second-order valence-electron chi connectivity index (χ2n) is 7.25. The summed E-state index contributed by atoms with van der Waals surface area (Å²) >= 11 is 0. The lowest BCUT2D eigenvalue weighted by Crippen LogP contribution is -2.36. The molecule has 2 heterocycles. The quantitative estimate of drug-likeness (QED) is 0.706. The van der Waals surface area contributed by atoms with Gasteiger partial charge in [0.15, 0.2) is 11.6 Å². The van der Waals surface area contributed by atoms with Gasteiger partial charge < -0.3 is 9.47 Å². The van der Waals surface area contributed by atoms with Crippen LogP contribution in [-0.4, -0.2) is 37.8 Å². The first kappa shape index (κ1) is 19.9. The Bertz CT molecular complexity index is 935. The summed E-state index contributed by atoms with van der Waals surface area (Å²) < 4.78 is 28.7. The second kappa shape index (κ2) is 7.30. The number of rotatable bonds is 5. The van der Waals surface area contributed by atoms with E-state index in [0.29, 0.717) is 24.6 Å². The van der Waals surface area contributed by atoms with Crippen molar-refractivity contribution in [3.63, 3.8) is 0 Å². The summed E-state index contributed by atoms with van der Waals surface area (Å²) in [6, 6.07) is 8.19. The number of aliphatic imine (C=N–C) groups is 1. The van der Waals surface area contributed by atoms with Gasteiger partial charge in [-0.25, -0.2) is 4.99 Å². The van der Waals surface area contributed by atoms with Gasteiger partial charge in [0.1, 0.15) is 5.70 Å². The first-order chi connectivity index (χ1) is 13.1. The Morgan fingerprint density at radius 3 is 2.43 bits per heavy atom. The maximum absolute atomic E-state index is 13.4. The molecule has 1 aliphatic rings. The SMILES string of the molecule is C=C(c1ccc(C)cc1)N1CCn2c(C(C)=NC(=C)C(C)(F)F)nnc2[C@H]1C. The lowest BCUT2D eigenvalue weighted by Gasteiger charge is -2.36. The number of alkyl halides is 2. The van der Waals surface area contributed by atoms with Gasteiger partial charge in [-0.3, -0.25) is 0 Å². The van der Waals surface area contributed by atoms with Crippen molar-refractivity contribution < 1.29 is 8.78 Å². The molecule has 3 rings (SSSR count). The van der Waals surface area contributed by atoms with Crippen molar-refractivity contribution in [1.82, 2.24) is 19.7 Å². The van der Waals surface area contributed by atoms with Crippen LogP contribution >= 0.6 is 0 Å². The fourth-order valence-corrected chi connectivity index (χ4v) is 3.28. The number of hydrogen-bond acceptors (Lipinski definition) is 4. The highest BCUT2D eigenvalue weighted by molar-refractivity contribution is 5.96. The van der Waals surface area contributed by atoms with Crippen molar-refractivity contribution in [2.24, 2.45) is 4.99 Å². The summed E-state index contributed by atoms with van der Waals surface area (Å²) in [5.74, 6) is -1.81. The van der Waals surface area contributed by atoms with Crippen LogP contribution in [0.4, 0.5) is 8.78 Å². The highest BCUT2D eigenvalue weighted by Crippen LogP contribution is 2.32. The van der Waals surface area contributed by atoms with Crippen LogP contribution in [0.2, 0.25) is 0 Å². The Balaban J connectivity index is 1.86. The zero-order chi connectivity index (χ0) is 20.6. The van der Waals surface area contributed by atoms with Crippen LogP contribution in [0.5, 0.6) is 0 Å². The second-order valence-corrected chi connectivity index (χ2v) is 7.25. The van der Waals surface area contributed by atoms with E-state index in [1.165, 1.54) is 5.56 Å². The molecule has 0 radical (unpaired) electrons. The molecule has 0 fully saturated rings. The highest BCUT2D eigenvalue weighted by Gasteiger charge is 2.31. The maximum atomic E-state index is 13.4. The van der Waals surface area contributed by atoms with Gasteiger partial charge in [-0.05, 0) is 26.3 Å². The monoisotopic (exact) mass is 385 g/mol. The molecular formula is C21H25F2N5. The highest BCUT2D eigenvalue weighted by atomic mass is 19.3. The van der Waals surface area contributed by atoms with Crippen molar-refractivity contribution in [2.75, 3.05) is 6.54 Å². The minimum atomic E-state index is -3.07. The molecule has 148 valence electrons. The van der Waals surface area contributed by atoms with Crippen LogP contribution in [0, 0.1) is 6.92 Å². The standard InChI is InChI=1S/C21H25F2N5/c1-13-7-9-18(10-8-13)15(3)27-11-12-28-19(25-26-20(28)16(27)4)14(2)24-17(5)21(6,22)23/h7-10,16H,3,5,11-12H2,1-2,4,6H3/t16-/m1/s1. The van der Waals surface area contributed by atoms with E-state index in [2.05, 4.69) is 57.5 Å². The molecule has 1 aromatic carbocycles. The van der Waals surface area contributed by atoms with Crippen molar-refractivity contribution in [3.05, 3.63) is 65.9 Å². The Hall–Kier alpha value is -2.83. The van der Waals surface area contributed by atoms with E-state index in [1.807, 2.05) is 18.4 Å². The van der Waals surface area contributed by atoms with Gasteiger partial charge in [-0.15, -0.1) is 10.2 Å². The van der Waals surface area contributed by atoms with Gasteiger partial charge in [0.2, 0.25) is 0 Å². The maximum Gasteiger partial charge on any atom is 0.286 e. The summed E-state index contributed by atoms with van der Waals surface area (Å²) in [5.41, 5.74) is 3.07. The molecule has 0 unspecified atom stereocenters. The average molecular weight is 385 g/mol. The van der Waals surface area contributed by atoms with Gasteiger partial charge >= 0.3 is 0 Å². The Morgan fingerprint density at radius 1 is 1.18 bits per heavy atom. The number of aromatic nitrogens is 3.